The smallest absolute Gasteiger partial charge is 0.253 e. The Morgan fingerprint density at radius 2 is 2.00 bits per heavy atom. The molecule has 0 amide bonds. The summed E-state index contributed by atoms with van der Waals surface area (Å²) >= 11 is 0. The summed E-state index contributed by atoms with van der Waals surface area (Å²) in [4.78, 5) is 0. The first-order valence-corrected chi connectivity index (χ1v) is 5.00. The fraction of sp³-hybridized carbons (Fsp3) is 1.00. The van der Waals surface area contributed by atoms with Gasteiger partial charge in [0.05, 0.1) is 11.8 Å². The lowest BCUT2D eigenvalue weighted by Gasteiger charge is -2.50. The molecule has 2 fully saturated rings. The van der Waals surface area contributed by atoms with Gasteiger partial charge in [0.1, 0.15) is 0 Å². The molecule has 0 aromatic heterocycles. The molecular formula is C9H16F2N2O. The number of hydrogen-bond donors (Lipinski definition) is 3. The van der Waals surface area contributed by atoms with Crippen molar-refractivity contribution in [2.75, 3.05) is 6.54 Å². The van der Waals surface area contributed by atoms with E-state index in [1.54, 1.807) is 0 Å². The molecule has 3 nitrogen and oxygen atoms in total. The van der Waals surface area contributed by atoms with Gasteiger partial charge in [0, 0.05) is 12.8 Å². The number of nitrogens with two attached hydrogens (primary N) is 1. The molecule has 0 bridgehead atoms. The normalized spacial score (nSPS) is 40.3. The maximum Gasteiger partial charge on any atom is 0.253 e. The average molecular weight is 206 g/mol. The van der Waals surface area contributed by atoms with Crippen molar-refractivity contribution in [2.45, 2.75) is 43.4 Å². The molecule has 1 heterocycles. The molecule has 0 aromatic rings. The third-order valence-electron chi connectivity index (χ3n) is 3.33. The zero-order valence-corrected chi connectivity index (χ0v) is 7.97. The highest BCUT2D eigenvalue weighted by Gasteiger charge is 2.59. The van der Waals surface area contributed by atoms with E-state index in [9.17, 15) is 13.9 Å². The zero-order chi connectivity index (χ0) is 10.4. The van der Waals surface area contributed by atoms with Crippen LogP contribution in [0.5, 0.6) is 0 Å². The Balaban J connectivity index is 1.95. The van der Waals surface area contributed by atoms with Crippen molar-refractivity contribution in [3.8, 4) is 0 Å². The predicted octanol–water partition coefficient (Wildman–Crippen LogP) is 0.431. The summed E-state index contributed by atoms with van der Waals surface area (Å²) in [6, 6.07) is 0. The molecule has 5 heteroatoms. The Kier molecular flexibility index (Phi) is 2.28. The molecule has 1 aliphatic heterocycles. The highest BCUT2D eigenvalue weighted by Crippen LogP contribution is 2.51. The number of rotatable bonds is 1. The van der Waals surface area contributed by atoms with Gasteiger partial charge in [0.15, 0.2) is 0 Å². The minimum Gasteiger partial charge on any atom is -0.389 e. The standard InChI is InChI=1S/C9H16F2N2O/c10-9(11)4-8(14,5-9)6-1-2-13-7(12)3-6/h6-7,13-14H,1-5,12H2. The van der Waals surface area contributed by atoms with Crippen LogP contribution in [0.1, 0.15) is 25.7 Å². The van der Waals surface area contributed by atoms with Crippen molar-refractivity contribution in [3.05, 3.63) is 0 Å². The highest BCUT2D eigenvalue weighted by atomic mass is 19.3. The van der Waals surface area contributed by atoms with Crippen LogP contribution in [0.2, 0.25) is 0 Å². The van der Waals surface area contributed by atoms with Crippen LogP contribution >= 0.6 is 0 Å². The number of hydrogen-bond acceptors (Lipinski definition) is 3. The summed E-state index contributed by atoms with van der Waals surface area (Å²) in [5.41, 5.74) is 4.50. The van der Waals surface area contributed by atoms with Crippen LogP contribution in [-0.4, -0.2) is 29.3 Å². The van der Waals surface area contributed by atoms with E-state index in [2.05, 4.69) is 5.32 Å². The molecule has 14 heavy (non-hydrogen) atoms. The van der Waals surface area contributed by atoms with E-state index >= 15 is 0 Å². The lowest BCUT2D eigenvalue weighted by molar-refractivity contribution is -0.231. The SMILES string of the molecule is NC1CC(C2(O)CC(F)(F)C2)CCN1. The molecule has 2 atom stereocenters. The van der Waals surface area contributed by atoms with Gasteiger partial charge >= 0.3 is 0 Å². The van der Waals surface area contributed by atoms with Gasteiger partial charge in [-0.25, -0.2) is 8.78 Å². The van der Waals surface area contributed by atoms with Gasteiger partial charge in [-0.3, -0.25) is 0 Å². The van der Waals surface area contributed by atoms with Crippen LogP contribution in [0, 0.1) is 5.92 Å². The van der Waals surface area contributed by atoms with E-state index in [4.69, 9.17) is 5.73 Å². The fourth-order valence-electron chi connectivity index (χ4n) is 2.57. The van der Waals surface area contributed by atoms with Crippen LogP contribution in [0.3, 0.4) is 0 Å². The lowest BCUT2D eigenvalue weighted by atomic mass is 9.65. The number of alkyl halides is 2. The summed E-state index contributed by atoms with van der Waals surface area (Å²) < 4.78 is 25.4. The van der Waals surface area contributed by atoms with Gasteiger partial charge in [-0.1, -0.05) is 0 Å². The van der Waals surface area contributed by atoms with Crippen molar-refractivity contribution in [1.82, 2.24) is 5.32 Å². The first-order chi connectivity index (χ1) is 6.41. The molecule has 2 rings (SSSR count). The predicted molar refractivity (Wildman–Crippen MR) is 47.8 cm³/mol. The van der Waals surface area contributed by atoms with Crippen LogP contribution in [0.4, 0.5) is 8.78 Å². The highest BCUT2D eigenvalue weighted by molar-refractivity contribution is 5.04. The Morgan fingerprint density at radius 1 is 1.36 bits per heavy atom. The largest absolute Gasteiger partial charge is 0.389 e. The molecule has 0 spiro atoms. The quantitative estimate of drug-likeness (QED) is 0.583. The molecule has 0 radical (unpaired) electrons. The second-order valence-corrected chi connectivity index (χ2v) is 4.59. The van der Waals surface area contributed by atoms with E-state index in [0.717, 1.165) is 6.42 Å². The first kappa shape index (κ1) is 10.3. The second-order valence-electron chi connectivity index (χ2n) is 4.59. The van der Waals surface area contributed by atoms with E-state index in [0.29, 0.717) is 13.0 Å². The summed E-state index contributed by atoms with van der Waals surface area (Å²) in [7, 11) is 0. The molecule has 2 aliphatic rings. The first-order valence-electron chi connectivity index (χ1n) is 5.00. The van der Waals surface area contributed by atoms with Gasteiger partial charge in [-0.2, -0.15) is 0 Å². The molecule has 1 saturated carbocycles. The van der Waals surface area contributed by atoms with Crippen molar-refractivity contribution in [1.29, 1.82) is 0 Å². The van der Waals surface area contributed by atoms with E-state index < -0.39 is 24.4 Å². The van der Waals surface area contributed by atoms with Crippen molar-refractivity contribution in [3.63, 3.8) is 0 Å². The van der Waals surface area contributed by atoms with Gasteiger partial charge < -0.3 is 16.2 Å². The zero-order valence-electron chi connectivity index (χ0n) is 7.97. The van der Waals surface area contributed by atoms with Crippen LogP contribution in [-0.2, 0) is 0 Å². The number of nitrogens with one attached hydrogen (secondary N) is 1. The number of halogens is 2. The maximum absolute atomic E-state index is 12.7. The van der Waals surface area contributed by atoms with Crippen molar-refractivity contribution >= 4 is 0 Å². The Hall–Kier alpha value is -0.260. The van der Waals surface area contributed by atoms with Gasteiger partial charge in [-0.05, 0) is 25.3 Å². The molecule has 1 saturated heterocycles. The third kappa shape index (κ3) is 1.76. The topological polar surface area (TPSA) is 58.3 Å². The van der Waals surface area contributed by atoms with E-state index in [1.165, 1.54) is 0 Å². The Labute approximate surface area is 81.7 Å². The second kappa shape index (κ2) is 3.12. The van der Waals surface area contributed by atoms with Gasteiger partial charge in [-0.15, -0.1) is 0 Å². The Bertz CT molecular complexity index is 227. The van der Waals surface area contributed by atoms with E-state index in [-0.39, 0.29) is 12.1 Å². The third-order valence-corrected chi connectivity index (χ3v) is 3.33. The van der Waals surface area contributed by atoms with Gasteiger partial charge in [0.25, 0.3) is 5.92 Å². The Morgan fingerprint density at radius 3 is 2.50 bits per heavy atom. The van der Waals surface area contributed by atoms with Crippen LogP contribution in [0.25, 0.3) is 0 Å². The number of piperidine rings is 1. The molecule has 0 aromatic carbocycles. The molecular weight excluding hydrogens is 190 g/mol. The number of aliphatic hydroxyl groups is 1. The molecule has 82 valence electrons. The molecule has 2 unspecified atom stereocenters. The minimum absolute atomic E-state index is 0.0709. The van der Waals surface area contributed by atoms with Crippen LogP contribution < -0.4 is 11.1 Å². The lowest BCUT2D eigenvalue weighted by Crippen LogP contribution is -2.60. The summed E-state index contributed by atoms with van der Waals surface area (Å²) in [6.45, 7) is 0.708. The monoisotopic (exact) mass is 206 g/mol. The van der Waals surface area contributed by atoms with Gasteiger partial charge in [0.2, 0.25) is 0 Å². The van der Waals surface area contributed by atoms with Crippen LogP contribution in [0.15, 0.2) is 0 Å². The van der Waals surface area contributed by atoms with E-state index in [1.807, 2.05) is 0 Å². The maximum atomic E-state index is 12.7. The van der Waals surface area contributed by atoms with Crippen molar-refractivity contribution in [2.24, 2.45) is 11.7 Å². The summed E-state index contributed by atoms with van der Waals surface area (Å²) in [6.07, 6.45) is 0.383. The fourth-order valence-corrected chi connectivity index (χ4v) is 2.57. The summed E-state index contributed by atoms with van der Waals surface area (Å²) in [5, 5.41) is 13.0. The minimum atomic E-state index is -2.66. The molecule has 4 N–H and O–H groups in total. The molecule has 1 aliphatic carbocycles. The van der Waals surface area contributed by atoms with Crippen molar-refractivity contribution < 1.29 is 13.9 Å². The average Bonchev–Trinajstić information content (AvgIpc) is 2.00. The summed E-state index contributed by atoms with van der Waals surface area (Å²) in [5.74, 6) is -2.73.